The minimum absolute atomic E-state index is 0.385. The summed E-state index contributed by atoms with van der Waals surface area (Å²) in [5.74, 6) is 0.522. The van der Waals surface area contributed by atoms with Crippen LogP contribution in [0.5, 0.6) is 0 Å². The molecule has 0 N–H and O–H groups in total. The molecule has 1 aromatic carbocycles. The van der Waals surface area contributed by atoms with Gasteiger partial charge in [0.2, 0.25) is 0 Å². The lowest BCUT2D eigenvalue weighted by molar-refractivity contribution is 0.00578. The predicted molar refractivity (Wildman–Crippen MR) is 121 cm³/mol. The van der Waals surface area contributed by atoms with Crippen LogP contribution in [0.4, 0.5) is 4.79 Å². The standard InChI is InChI=1S/C22H30BNO4S/c1-20(2,3)26-19(25)24-11-10-16-12-15(8-9-18(16)24)13-17(14-29)23-27-21(4,5)22(6,7)28-23/h8-13,29H,14H2,1-7H3. The molecule has 5 nitrogen and oxygen atoms in total. The molecule has 0 amide bonds. The summed E-state index contributed by atoms with van der Waals surface area (Å²) in [5.41, 5.74) is 1.43. The van der Waals surface area contributed by atoms with Crippen LogP contribution in [0.2, 0.25) is 0 Å². The minimum Gasteiger partial charge on any atom is -0.443 e. The Balaban J connectivity index is 1.88. The molecular weight excluding hydrogens is 385 g/mol. The number of carbonyl (C=O) groups is 1. The Bertz CT molecular complexity index is 939. The number of nitrogens with zero attached hydrogens (tertiary/aromatic N) is 1. The second-order valence-electron chi connectivity index (χ2n) is 9.45. The quantitative estimate of drug-likeness (QED) is 0.541. The van der Waals surface area contributed by atoms with Crippen molar-refractivity contribution in [2.24, 2.45) is 0 Å². The molecule has 2 aromatic rings. The lowest BCUT2D eigenvalue weighted by Gasteiger charge is -2.32. The van der Waals surface area contributed by atoms with Gasteiger partial charge in [0.1, 0.15) is 5.60 Å². The van der Waals surface area contributed by atoms with E-state index in [1.54, 1.807) is 6.20 Å². The number of rotatable bonds is 3. The van der Waals surface area contributed by atoms with Gasteiger partial charge in [-0.25, -0.2) is 4.79 Å². The highest BCUT2D eigenvalue weighted by molar-refractivity contribution is 7.80. The van der Waals surface area contributed by atoms with E-state index in [9.17, 15) is 4.79 Å². The van der Waals surface area contributed by atoms with E-state index in [1.807, 2.05) is 78.8 Å². The molecule has 2 heterocycles. The van der Waals surface area contributed by atoms with Crippen LogP contribution in [0, 0.1) is 0 Å². The summed E-state index contributed by atoms with van der Waals surface area (Å²) in [6.45, 7) is 13.7. The number of carbonyl (C=O) groups excluding carboxylic acids is 1. The van der Waals surface area contributed by atoms with Crippen molar-refractivity contribution in [1.29, 1.82) is 0 Å². The van der Waals surface area contributed by atoms with Crippen LogP contribution in [0.15, 0.2) is 35.9 Å². The van der Waals surface area contributed by atoms with Crippen molar-refractivity contribution in [3.05, 3.63) is 41.5 Å². The molecular formula is C22H30BNO4S. The van der Waals surface area contributed by atoms with Gasteiger partial charge in [-0.1, -0.05) is 12.1 Å². The zero-order valence-corrected chi connectivity index (χ0v) is 19.2. The van der Waals surface area contributed by atoms with Crippen LogP contribution in [-0.4, -0.2) is 40.3 Å². The van der Waals surface area contributed by atoms with E-state index in [1.165, 1.54) is 4.57 Å². The van der Waals surface area contributed by atoms with Gasteiger partial charge in [0.15, 0.2) is 0 Å². The number of fused-ring (bicyclic) bond motifs is 1. The zero-order valence-electron chi connectivity index (χ0n) is 18.3. The van der Waals surface area contributed by atoms with Crippen LogP contribution < -0.4 is 0 Å². The lowest BCUT2D eigenvalue weighted by atomic mass is 9.78. The molecule has 156 valence electrons. The number of hydrogen-bond acceptors (Lipinski definition) is 5. The summed E-state index contributed by atoms with van der Waals surface area (Å²) in [5, 5.41) is 0.956. The smallest absolute Gasteiger partial charge is 0.443 e. The first-order valence-electron chi connectivity index (χ1n) is 9.84. The third-order valence-electron chi connectivity index (χ3n) is 5.40. The molecule has 1 aromatic heterocycles. The summed E-state index contributed by atoms with van der Waals surface area (Å²) in [6.07, 6.45) is 3.39. The van der Waals surface area contributed by atoms with Crippen molar-refractivity contribution < 1.29 is 18.8 Å². The van der Waals surface area contributed by atoms with Gasteiger partial charge in [-0.05, 0) is 77.7 Å². The Morgan fingerprint density at radius 1 is 1.17 bits per heavy atom. The SMILES string of the molecule is CC(C)(C)OC(=O)n1ccc2cc(C=C(CS)B3OC(C)(C)C(C)(C)O3)ccc21. The fourth-order valence-electron chi connectivity index (χ4n) is 3.12. The average Bonchev–Trinajstić information content (AvgIpc) is 3.08. The van der Waals surface area contributed by atoms with Gasteiger partial charge in [0.25, 0.3) is 0 Å². The zero-order chi connectivity index (χ0) is 21.6. The van der Waals surface area contributed by atoms with E-state index in [0.29, 0.717) is 5.75 Å². The molecule has 1 aliphatic heterocycles. The van der Waals surface area contributed by atoms with Gasteiger partial charge in [0, 0.05) is 17.3 Å². The molecule has 1 aliphatic rings. The second kappa shape index (κ2) is 7.53. The van der Waals surface area contributed by atoms with Crippen molar-refractivity contribution in [3.63, 3.8) is 0 Å². The van der Waals surface area contributed by atoms with Gasteiger partial charge < -0.3 is 14.0 Å². The molecule has 1 fully saturated rings. The van der Waals surface area contributed by atoms with Crippen molar-refractivity contribution in [2.75, 3.05) is 5.75 Å². The maximum absolute atomic E-state index is 12.4. The van der Waals surface area contributed by atoms with E-state index in [4.69, 9.17) is 14.0 Å². The Labute approximate surface area is 178 Å². The summed E-state index contributed by atoms with van der Waals surface area (Å²) < 4.78 is 19.3. The van der Waals surface area contributed by atoms with Gasteiger partial charge in [-0.2, -0.15) is 12.6 Å². The van der Waals surface area contributed by atoms with Crippen LogP contribution in [-0.2, 0) is 14.0 Å². The summed E-state index contributed by atoms with van der Waals surface area (Å²) in [7, 11) is -0.431. The number of ether oxygens (including phenoxy) is 1. The van der Waals surface area contributed by atoms with Crippen molar-refractivity contribution in [2.45, 2.75) is 65.3 Å². The highest BCUT2D eigenvalue weighted by Crippen LogP contribution is 2.39. The number of thiol groups is 1. The molecule has 0 atom stereocenters. The molecule has 3 rings (SSSR count). The van der Waals surface area contributed by atoms with Crippen molar-refractivity contribution in [1.82, 2.24) is 4.57 Å². The first-order chi connectivity index (χ1) is 13.3. The van der Waals surface area contributed by atoms with E-state index in [2.05, 4.69) is 12.6 Å². The summed E-state index contributed by atoms with van der Waals surface area (Å²) in [4.78, 5) is 12.4. The van der Waals surface area contributed by atoms with E-state index >= 15 is 0 Å². The maximum Gasteiger partial charge on any atom is 0.491 e. The molecule has 0 bridgehead atoms. The normalized spacial score (nSPS) is 19.0. The Hall–Kier alpha value is -1.70. The molecule has 1 saturated heterocycles. The van der Waals surface area contributed by atoms with Gasteiger partial charge in [-0.3, -0.25) is 4.57 Å². The number of hydrogen-bond donors (Lipinski definition) is 1. The molecule has 0 unspecified atom stereocenters. The first-order valence-corrected chi connectivity index (χ1v) is 10.5. The average molecular weight is 415 g/mol. The fourth-order valence-corrected chi connectivity index (χ4v) is 3.36. The highest BCUT2D eigenvalue weighted by atomic mass is 32.1. The third-order valence-corrected chi connectivity index (χ3v) is 5.76. The van der Waals surface area contributed by atoms with Crippen LogP contribution in [0.1, 0.15) is 54.0 Å². The molecule has 0 aliphatic carbocycles. The van der Waals surface area contributed by atoms with Gasteiger partial charge >= 0.3 is 13.2 Å². The van der Waals surface area contributed by atoms with E-state index < -0.39 is 23.9 Å². The largest absolute Gasteiger partial charge is 0.491 e. The van der Waals surface area contributed by atoms with E-state index in [0.717, 1.165) is 21.9 Å². The maximum atomic E-state index is 12.4. The van der Waals surface area contributed by atoms with Crippen molar-refractivity contribution >= 4 is 42.8 Å². The summed E-state index contributed by atoms with van der Waals surface area (Å²) in [6, 6.07) is 7.83. The predicted octanol–water partition coefficient (Wildman–Crippen LogP) is 5.37. The minimum atomic E-state index is -0.541. The molecule has 0 spiro atoms. The van der Waals surface area contributed by atoms with Gasteiger partial charge in [0.05, 0.1) is 16.7 Å². The Morgan fingerprint density at radius 2 is 1.79 bits per heavy atom. The fraction of sp³-hybridized carbons (Fsp3) is 0.500. The topological polar surface area (TPSA) is 49.7 Å². The Morgan fingerprint density at radius 3 is 2.34 bits per heavy atom. The van der Waals surface area contributed by atoms with Crippen LogP contribution in [0.25, 0.3) is 17.0 Å². The second-order valence-corrected chi connectivity index (χ2v) is 9.77. The monoisotopic (exact) mass is 415 g/mol. The Kier molecular flexibility index (Phi) is 5.71. The number of aromatic nitrogens is 1. The molecule has 0 radical (unpaired) electrons. The summed E-state index contributed by atoms with van der Waals surface area (Å²) >= 11 is 4.49. The third kappa shape index (κ3) is 4.57. The van der Waals surface area contributed by atoms with Crippen LogP contribution in [0.3, 0.4) is 0 Å². The highest BCUT2D eigenvalue weighted by Gasteiger charge is 2.52. The number of benzene rings is 1. The molecule has 7 heteroatoms. The first kappa shape index (κ1) is 22.0. The van der Waals surface area contributed by atoms with E-state index in [-0.39, 0.29) is 6.09 Å². The lowest BCUT2D eigenvalue weighted by Crippen LogP contribution is -2.41. The van der Waals surface area contributed by atoms with Gasteiger partial charge in [-0.15, -0.1) is 0 Å². The molecule has 0 saturated carbocycles. The molecule has 29 heavy (non-hydrogen) atoms. The van der Waals surface area contributed by atoms with Crippen molar-refractivity contribution in [3.8, 4) is 0 Å². The van der Waals surface area contributed by atoms with Crippen LogP contribution >= 0.6 is 12.6 Å².